The van der Waals surface area contributed by atoms with E-state index in [0.717, 1.165) is 5.56 Å². The average Bonchev–Trinajstić information content (AvgIpc) is 3.18. The van der Waals surface area contributed by atoms with Gasteiger partial charge in [0.25, 0.3) is 20.3 Å². The Morgan fingerprint density at radius 1 is 1.03 bits per heavy atom. The van der Waals surface area contributed by atoms with Crippen LogP contribution in [0.15, 0.2) is 46.8 Å². The molecule has 0 aliphatic heterocycles. The number of nitrogens with zero attached hydrogens (tertiary/aromatic N) is 2. The minimum absolute atomic E-state index is 0.0451. The van der Waals surface area contributed by atoms with Crippen LogP contribution >= 0.6 is 11.3 Å². The molecule has 0 saturated carbocycles. The molecule has 0 spiro atoms. The summed E-state index contributed by atoms with van der Waals surface area (Å²) < 4.78 is 32.1. The number of ether oxygens (including phenoxy) is 1. The molecule has 9 nitrogen and oxygen atoms in total. The number of methoxy groups -OCH3 is 1. The van der Waals surface area contributed by atoms with E-state index in [0.29, 0.717) is 22.5 Å². The number of hydrogen-bond donors (Lipinski definition) is 2. The smallest absolute Gasteiger partial charge is 0.337 e. The Balaban J connectivity index is 1.80. The number of nitrogens with one attached hydrogen (secondary N) is 2. The summed E-state index contributed by atoms with van der Waals surface area (Å²) in [6.07, 6.45) is 0. The van der Waals surface area contributed by atoms with Gasteiger partial charge in [0, 0.05) is 5.56 Å². The van der Waals surface area contributed by atoms with Crippen molar-refractivity contribution in [3.63, 3.8) is 0 Å². The van der Waals surface area contributed by atoms with E-state index in [2.05, 4.69) is 25.0 Å². The van der Waals surface area contributed by atoms with Crippen molar-refractivity contribution < 1.29 is 22.7 Å². The van der Waals surface area contributed by atoms with Gasteiger partial charge < -0.3 is 4.74 Å². The number of aromatic nitrogens is 2. The van der Waals surface area contributed by atoms with Gasteiger partial charge in [-0.2, -0.15) is 8.42 Å². The molecular formula is C19H18N4O5S2. The second-order valence-corrected chi connectivity index (χ2v) is 9.10. The summed E-state index contributed by atoms with van der Waals surface area (Å²) in [5.74, 6) is -1.00. The molecule has 2 N–H and O–H groups in total. The highest BCUT2D eigenvalue weighted by Crippen LogP contribution is 2.25. The van der Waals surface area contributed by atoms with Crippen LogP contribution in [-0.4, -0.2) is 37.6 Å². The molecule has 0 atom stereocenters. The highest BCUT2D eigenvalue weighted by molar-refractivity contribution is 7.94. The first-order valence-corrected chi connectivity index (χ1v) is 10.9. The number of rotatable bonds is 6. The zero-order chi connectivity index (χ0) is 21.9. The van der Waals surface area contributed by atoms with Crippen molar-refractivity contribution in [1.29, 1.82) is 0 Å². The molecule has 0 radical (unpaired) electrons. The number of amides is 1. The maximum atomic E-state index is 12.7. The van der Waals surface area contributed by atoms with Crippen molar-refractivity contribution in [2.45, 2.75) is 18.2 Å². The minimum atomic E-state index is -4.08. The van der Waals surface area contributed by atoms with Crippen LogP contribution in [0.2, 0.25) is 0 Å². The van der Waals surface area contributed by atoms with Gasteiger partial charge in [-0.1, -0.05) is 35.6 Å². The van der Waals surface area contributed by atoms with Crippen LogP contribution in [0.1, 0.15) is 31.8 Å². The number of sulfonamides is 1. The lowest BCUT2D eigenvalue weighted by atomic mass is 10.1. The van der Waals surface area contributed by atoms with Crippen LogP contribution in [-0.2, 0) is 14.8 Å². The molecule has 30 heavy (non-hydrogen) atoms. The second-order valence-electron chi connectivity index (χ2n) is 6.27. The van der Waals surface area contributed by atoms with E-state index < -0.39 is 21.9 Å². The Bertz CT molecular complexity index is 1220. The third-order valence-corrected chi connectivity index (χ3v) is 6.72. The summed E-state index contributed by atoms with van der Waals surface area (Å²) in [4.78, 5) is 24.1. The fourth-order valence-corrected chi connectivity index (χ4v) is 4.54. The first-order valence-electron chi connectivity index (χ1n) is 8.63. The topological polar surface area (TPSA) is 127 Å². The SMILES string of the molecule is COC(=O)c1ccc(C)c(NS(=O)(=O)c2nnc(NC(=O)c3ccccc3C)s2)c1. The Morgan fingerprint density at radius 3 is 2.47 bits per heavy atom. The second kappa shape index (κ2) is 8.59. The molecule has 0 aliphatic carbocycles. The highest BCUT2D eigenvalue weighted by Gasteiger charge is 2.23. The molecule has 1 aromatic heterocycles. The van der Waals surface area contributed by atoms with E-state index in [-0.39, 0.29) is 20.7 Å². The van der Waals surface area contributed by atoms with Gasteiger partial charge in [0.15, 0.2) is 0 Å². The van der Waals surface area contributed by atoms with Gasteiger partial charge >= 0.3 is 5.97 Å². The predicted molar refractivity (Wildman–Crippen MR) is 112 cm³/mol. The highest BCUT2D eigenvalue weighted by atomic mass is 32.2. The predicted octanol–water partition coefficient (Wildman–Crippen LogP) is 2.99. The van der Waals surface area contributed by atoms with Gasteiger partial charge in [-0.05, 0) is 43.2 Å². The van der Waals surface area contributed by atoms with Crippen LogP contribution in [0.3, 0.4) is 0 Å². The first kappa shape index (κ1) is 21.4. The Labute approximate surface area is 177 Å². The lowest BCUT2D eigenvalue weighted by molar-refractivity contribution is 0.0600. The molecule has 0 aliphatic rings. The summed E-state index contributed by atoms with van der Waals surface area (Å²) in [6.45, 7) is 3.48. The van der Waals surface area contributed by atoms with Gasteiger partial charge in [0.2, 0.25) is 5.13 Å². The average molecular weight is 447 g/mol. The number of hydrogen-bond acceptors (Lipinski definition) is 8. The fourth-order valence-electron chi connectivity index (χ4n) is 2.53. The van der Waals surface area contributed by atoms with Crippen molar-refractivity contribution in [2.24, 2.45) is 0 Å². The summed E-state index contributed by atoms with van der Waals surface area (Å²) in [7, 11) is -2.85. The number of benzene rings is 2. The Kier molecular flexibility index (Phi) is 6.13. The van der Waals surface area contributed by atoms with Crippen molar-refractivity contribution in [2.75, 3.05) is 17.1 Å². The molecular weight excluding hydrogens is 428 g/mol. The number of carbonyl (C=O) groups is 2. The molecule has 11 heteroatoms. The van der Waals surface area contributed by atoms with E-state index >= 15 is 0 Å². The van der Waals surface area contributed by atoms with Crippen LogP contribution < -0.4 is 10.0 Å². The molecule has 0 fully saturated rings. The van der Waals surface area contributed by atoms with Crippen molar-refractivity contribution in [3.8, 4) is 0 Å². The molecule has 1 amide bonds. The van der Waals surface area contributed by atoms with Crippen molar-refractivity contribution in [1.82, 2.24) is 10.2 Å². The Morgan fingerprint density at radius 2 is 1.77 bits per heavy atom. The zero-order valence-corrected chi connectivity index (χ0v) is 17.9. The summed E-state index contributed by atoms with van der Waals surface area (Å²) in [5.41, 5.74) is 2.23. The number of carbonyl (C=O) groups excluding carboxylic acids is 2. The lowest BCUT2D eigenvalue weighted by Crippen LogP contribution is -2.14. The van der Waals surface area contributed by atoms with E-state index in [4.69, 9.17) is 0 Å². The van der Waals surface area contributed by atoms with E-state index in [1.54, 1.807) is 38.1 Å². The number of aryl methyl sites for hydroxylation is 2. The summed E-state index contributed by atoms with van der Waals surface area (Å²) >= 11 is 0.713. The molecule has 0 saturated heterocycles. The molecule has 2 aromatic carbocycles. The largest absolute Gasteiger partial charge is 0.465 e. The molecule has 3 rings (SSSR count). The van der Waals surface area contributed by atoms with Crippen molar-refractivity contribution >= 4 is 44.1 Å². The van der Waals surface area contributed by atoms with Crippen LogP contribution in [0.25, 0.3) is 0 Å². The van der Waals surface area contributed by atoms with Crippen LogP contribution in [0, 0.1) is 13.8 Å². The minimum Gasteiger partial charge on any atom is -0.465 e. The molecule has 156 valence electrons. The van der Waals surface area contributed by atoms with Gasteiger partial charge in [-0.3, -0.25) is 14.8 Å². The van der Waals surface area contributed by atoms with Crippen LogP contribution in [0.4, 0.5) is 10.8 Å². The van der Waals surface area contributed by atoms with E-state index in [1.807, 2.05) is 6.07 Å². The van der Waals surface area contributed by atoms with Gasteiger partial charge in [0.1, 0.15) is 0 Å². The van der Waals surface area contributed by atoms with Gasteiger partial charge in [0.05, 0.1) is 18.4 Å². The quantitative estimate of drug-likeness (QED) is 0.440. The first-order chi connectivity index (χ1) is 14.2. The molecule has 0 unspecified atom stereocenters. The Hall–Kier alpha value is -3.31. The third-order valence-electron chi connectivity index (χ3n) is 4.15. The molecule has 1 heterocycles. The maximum absolute atomic E-state index is 12.7. The molecule has 0 bridgehead atoms. The van der Waals surface area contributed by atoms with E-state index in [1.165, 1.54) is 19.2 Å². The normalized spacial score (nSPS) is 11.0. The number of anilines is 2. The van der Waals surface area contributed by atoms with Gasteiger partial charge in [-0.25, -0.2) is 4.79 Å². The lowest BCUT2D eigenvalue weighted by Gasteiger charge is -2.10. The standard InChI is InChI=1S/C19H18N4O5S2/c1-11-6-4-5-7-14(11)16(24)20-18-21-22-19(29-18)30(26,27)23-15-10-13(17(25)28-3)9-8-12(15)2/h4-10,23H,1-3H3,(H,20,21,24). The maximum Gasteiger partial charge on any atom is 0.337 e. The fraction of sp³-hybridized carbons (Fsp3) is 0.158. The molecule has 3 aromatic rings. The third kappa shape index (κ3) is 4.63. The van der Waals surface area contributed by atoms with Gasteiger partial charge in [-0.15, -0.1) is 10.2 Å². The van der Waals surface area contributed by atoms with E-state index in [9.17, 15) is 18.0 Å². The van der Waals surface area contributed by atoms with Crippen LogP contribution in [0.5, 0.6) is 0 Å². The summed E-state index contributed by atoms with van der Waals surface area (Å²) in [5, 5.41) is 10.0. The monoisotopic (exact) mass is 446 g/mol. The van der Waals surface area contributed by atoms with Crippen molar-refractivity contribution in [3.05, 3.63) is 64.7 Å². The zero-order valence-electron chi connectivity index (χ0n) is 16.3. The summed E-state index contributed by atoms with van der Waals surface area (Å²) in [6, 6.07) is 11.5. The number of esters is 1.